The Morgan fingerprint density at radius 3 is 2.94 bits per heavy atom. The number of nitrogens with zero attached hydrogens (tertiary/aromatic N) is 3. The molecule has 1 fully saturated rings. The Bertz CT molecular complexity index is 483. The highest BCUT2D eigenvalue weighted by Gasteiger charge is 2.36. The van der Waals surface area contributed by atoms with Gasteiger partial charge < -0.3 is 9.67 Å². The summed E-state index contributed by atoms with van der Waals surface area (Å²) in [5, 5.41) is 9.24. The standard InChI is InChI=1S/C10H17N3O3S/c1-2-12-6-10(11-8-12)17(15,16)13-5-3-4-9(13)7-14/h6,8-9,14H,2-5,7H2,1H3/t9-/m0/s1. The molecule has 96 valence electrons. The molecular weight excluding hydrogens is 242 g/mol. The van der Waals surface area contributed by atoms with Gasteiger partial charge in [-0.15, -0.1) is 0 Å². The van der Waals surface area contributed by atoms with E-state index >= 15 is 0 Å². The van der Waals surface area contributed by atoms with Gasteiger partial charge in [0.2, 0.25) is 0 Å². The van der Waals surface area contributed by atoms with Crippen molar-refractivity contribution < 1.29 is 13.5 Å². The van der Waals surface area contributed by atoms with Crippen LogP contribution in [-0.4, -0.2) is 46.6 Å². The highest BCUT2D eigenvalue weighted by Crippen LogP contribution is 2.24. The van der Waals surface area contributed by atoms with E-state index in [1.165, 1.54) is 16.8 Å². The SMILES string of the molecule is CCn1cnc(S(=O)(=O)N2CCC[C@H]2CO)c1. The number of hydrogen-bond donors (Lipinski definition) is 1. The van der Waals surface area contributed by atoms with Crippen LogP contribution in [0.5, 0.6) is 0 Å². The van der Waals surface area contributed by atoms with Crippen LogP contribution in [0.1, 0.15) is 19.8 Å². The van der Waals surface area contributed by atoms with Gasteiger partial charge in [-0.1, -0.05) is 0 Å². The number of hydrogen-bond acceptors (Lipinski definition) is 4. The molecule has 0 radical (unpaired) electrons. The average molecular weight is 259 g/mol. The van der Waals surface area contributed by atoms with Crippen LogP contribution in [0.3, 0.4) is 0 Å². The molecule has 1 N–H and O–H groups in total. The molecule has 1 aliphatic heterocycles. The predicted molar refractivity (Wildman–Crippen MR) is 61.9 cm³/mol. The zero-order valence-electron chi connectivity index (χ0n) is 9.78. The Labute approximate surface area is 101 Å². The van der Waals surface area contributed by atoms with E-state index in [0.29, 0.717) is 19.5 Å². The highest BCUT2D eigenvalue weighted by molar-refractivity contribution is 7.89. The number of aliphatic hydroxyl groups is 1. The van der Waals surface area contributed by atoms with Crippen molar-refractivity contribution in [3.8, 4) is 0 Å². The smallest absolute Gasteiger partial charge is 0.262 e. The fourth-order valence-corrected chi connectivity index (χ4v) is 3.70. The van der Waals surface area contributed by atoms with Crippen molar-refractivity contribution in [1.82, 2.24) is 13.9 Å². The molecule has 1 atom stereocenters. The lowest BCUT2D eigenvalue weighted by Gasteiger charge is -2.20. The lowest BCUT2D eigenvalue weighted by molar-refractivity contribution is 0.213. The molecule has 0 bridgehead atoms. The first-order valence-corrected chi connectivity index (χ1v) is 7.18. The number of sulfonamides is 1. The van der Waals surface area contributed by atoms with Gasteiger partial charge in [0.1, 0.15) is 0 Å². The first-order chi connectivity index (χ1) is 8.09. The van der Waals surface area contributed by atoms with E-state index in [-0.39, 0.29) is 17.7 Å². The molecule has 6 nitrogen and oxygen atoms in total. The van der Waals surface area contributed by atoms with Gasteiger partial charge in [0.05, 0.1) is 12.9 Å². The van der Waals surface area contributed by atoms with E-state index in [0.717, 1.165) is 6.42 Å². The molecule has 0 aliphatic carbocycles. The maximum absolute atomic E-state index is 12.3. The molecule has 7 heteroatoms. The van der Waals surface area contributed by atoms with Crippen molar-refractivity contribution in [3.05, 3.63) is 12.5 Å². The Hall–Kier alpha value is -0.920. The molecule has 1 aromatic heterocycles. The second-order valence-corrected chi connectivity index (χ2v) is 5.97. The number of aliphatic hydroxyl groups excluding tert-OH is 1. The highest BCUT2D eigenvalue weighted by atomic mass is 32.2. The zero-order valence-corrected chi connectivity index (χ0v) is 10.6. The third-order valence-corrected chi connectivity index (χ3v) is 4.92. The first-order valence-electron chi connectivity index (χ1n) is 5.74. The fraction of sp³-hybridized carbons (Fsp3) is 0.700. The fourth-order valence-electron chi connectivity index (χ4n) is 2.07. The van der Waals surface area contributed by atoms with Crippen molar-refractivity contribution in [2.45, 2.75) is 37.4 Å². The van der Waals surface area contributed by atoms with Gasteiger partial charge in [0.25, 0.3) is 10.0 Å². The molecule has 2 heterocycles. The van der Waals surface area contributed by atoms with E-state index in [4.69, 9.17) is 5.11 Å². The maximum Gasteiger partial charge on any atom is 0.262 e. The molecule has 0 spiro atoms. The summed E-state index contributed by atoms with van der Waals surface area (Å²) < 4.78 is 27.6. The summed E-state index contributed by atoms with van der Waals surface area (Å²) in [5.74, 6) is 0. The van der Waals surface area contributed by atoms with Crippen molar-refractivity contribution >= 4 is 10.0 Å². The van der Waals surface area contributed by atoms with Crippen molar-refractivity contribution in [1.29, 1.82) is 0 Å². The minimum Gasteiger partial charge on any atom is -0.395 e. The first kappa shape index (κ1) is 12.5. The van der Waals surface area contributed by atoms with E-state index in [1.54, 1.807) is 4.57 Å². The van der Waals surface area contributed by atoms with Gasteiger partial charge in [0.15, 0.2) is 5.03 Å². The van der Waals surface area contributed by atoms with Crippen LogP contribution in [0.15, 0.2) is 17.6 Å². The van der Waals surface area contributed by atoms with Gasteiger partial charge in [-0.3, -0.25) is 0 Å². The number of imidazole rings is 1. The molecule has 0 amide bonds. The summed E-state index contributed by atoms with van der Waals surface area (Å²) in [6.07, 6.45) is 4.54. The second kappa shape index (κ2) is 4.75. The summed E-state index contributed by atoms with van der Waals surface area (Å²) >= 11 is 0. The monoisotopic (exact) mass is 259 g/mol. The van der Waals surface area contributed by atoms with Crippen LogP contribution in [-0.2, 0) is 16.6 Å². The third kappa shape index (κ3) is 2.22. The van der Waals surface area contributed by atoms with Crippen LogP contribution < -0.4 is 0 Å². The number of aryl methyl sites for hydroxylation is 1. The van der Waals surface area contributed by atoms with Crippen LogP contribution in [0, 0.1) is 0 Å². The topological polar surface area (TPSA) is 75.4 Å². The minimum atomic E-state index is -3.55. The Kier molecular flexibility index (Phi) is 3.50. The third-order valence-electron chi connectivity index (χ3n) is 3.08. The molecule has 0 unspecified atom stereocenters. The Morgan fingerprint density at radius 2 is 2.35 bits per heavy atom. The maximum atomic E-state index is 12.3. The largest absolute Gasteiger partial charge is 0.395 e. The van der Waals surface area contributed by atoms with E-state index < -0.39 is 10.0 Å². The van der Waals surface area contributed by atoms with E-state index in [9.17, 15) is 8.42 Å². The second-order valence-electron chi connectivity index (χ2n) is 4.14. The molecule has 2 rings (SSSR count). The molecular formula is C10H17N3O3S. The van der Waals surface area contributed by atoms with Crippen molar-refractivity contribution in [3.63, 3.8) is 0 Å². The average Bonchev–Trinajstić information content (AvgIpc) is 2.97. The van der Waals surface area contributed by atoms with E-state index in [2.05, 4.69) is 4.98 Å². The van der Waals surface area contributed by atoms with Gasteiger partial charge >= 0.3 is 0 Å². The number of rotatable bonds is 4. The molecule has 0 saturated carbocycles. The molecule has 1 aliphatic rings. The zero-order chi connectivity index (χ0) is 12.5. The van der Waals surface area contributed by atoms with Crippen molar-refractivity contribution in [2.75, 3.05) is 13.2 Å². The molecule has 1 saturated heterocycles. The van der Waals surface area contributed by atoms with E-state index in [1.807, 2.05) is 6.92 Å². The lowest BCUT2D eigenvalue weighted by Crippen LogP contribution is -2.37. The summed E-state index contributed by atoms with van der Waals surface area (Å²) in [4.78, 5) is 3.92. The van der Waals surface area contributed by atoms with Gasteiger partial charge in [-0.25, -0.2) is 13.4 Å². The van der Waals surface area contributed by atoms with Crippen LogP contribution in [0.2, 0.25) is 0 Å². The van der Waals surface area contributed by atoms with Gasteiger partial charge in [-0.2, -0.15) is 4.31 Å². The predicted octanol–water partition coefficient (Wildman–Crippen LogP) is 0.0484. The summed E-state index contributed by atoms with van der Waals surface area (Å²) in [7, 11) is -3.55. The normalized spacial score (nSPS) is 22.1. The Balaban J connectivity index is 2.29. The number of aromatic nitrogens is 2. The Morgan fingerprint density at radius 1 is 1.59 bits per heavy atom. The van der Waals surface area contributed by atoms with Crippen LogP contribution in [0.4, 0.5) is 0 Å². The minimum absolute atomic E-state index is 0.0692. The summed E-state index contributed by atoms with van der Waals surface area (Å²) in [5.41, 5.74) is 0. The van der Waals surface area contributed by atoms with Gasteiger partial charge in [0, 0.05) is 25.3 Å². The summed E-state index contributed by atoms with van der Waals surface area (Å²) in [6.45, 7) is 2.94. The quantitative estimate of drug-likeness (QED) is 0.829. The van der Waals surface area contributed by atoms with Crippen LogP contribution in [0.25, 0.3) is 0 Å². The van der Waals surface area contributed by atoms with Gasteiger partial charge in [-0.05, 0) is 19.8 Å². The van der Waals surface area contributed by atoms with Crippen LogP contribution >= 0.6 is 0 Å². The van der Waals surface area contributed by atoms with Crippen molar-refractivity contribution in [2.24, 2.45) is 0 Å². The molecule has 0 aromatic carbocycles. The summed E-state index contributed by atoms with van der Waals surface area (Å²) in [6, 6.07) is -0.299. The molecule has 17 heavy (non-hydrogen) atoms. The lowest BCUT2D eigenvalue weighted by atomic mass is 10.2. The molecule has 1 aromatic rings.